The standard InChI is InChI=1S/C20H21BrN4O2/c21-15-6-8-16(9-7-15)24-11-10-14(12-18(24)20(22)26)19-13-25(23-27-19)17-4-2-1-3-5-17/h1-9,13-14,18,23H,10-12H2,(H2,22,26). The average molecular weight is 429 g/mol. The highest BCUT2D eigenvalue weighted by Gasteiger charge is 2.36. The maximum Gasteiger partial charge on any atom is 0.240 e. The van der Waals surface area contributed by atoms with Gasteiger partial charge in [0.05, 0.1) is 11.9 Å². The van der Waals surface area contributed by atoms with E-state index in [4.69, 9.17) is 10.6 Å². The van der Waals surface area contributed by atoms with E-state index in [1.165, 1.54) is 0 Å². The van der Waals surface area contributed by atoms with E-state index in [-0.39, 0.29) is 17.9 Å². The van der Waals surface area contributed by atoms with Gasteiger partial charge in [0.15, 0.2) is 0 Å². The van der Waals surface area contributed by atoms with Gasteiger partial charge in [0.1, 0.15) is 11.8 Å². The van der Waals surface area contributed by atoms with Crippen molar-refractivity contribution < 1.29 is 9.63 Å². The highest BCUT2D eigenvalue weighted by molar-refractivity contribution is 9.10. The lowest BCUT2D eigenvalue weighted by Crippen LogP contribution is -2.50. The number of halogens is 1. The van der Waals surface area contributed by atoms with E-state index >= 15 is 0 Å². The summed E-state index contributed by atoms with van der Waals surface area (Å²) >= 11 is 3.45. The molecular formula is C20H21BrN4O2. The number of hydrogen-bond acceptors (Lipinski definition) is 5. The van der Waals surface area contributed by atoms with Gasteiger partial charge in [-0.2, -0.15) is 0 Å². The minimum absolute atomic E-state index is 0.135. The Morgan fingerprint density at radius 2 is 1.85 bits per heavy atom. The maximum atomic E-state index is 12.1. The summed E-state index contributed by atoms with van der Waals surface area (Å²) in [6, 6.07) is 17.5. The largest absolute Gasteiger partial charge is 0.391 e. The summed E-state index contributed by atoms with van der Waals surface area (Å²) in [5, 5.41) is 1.84. The highest BCUT2D eigenvalue weighted by Crippen LogP contribution is 2.34. The molecule has 2 unspecified atom stereocenters. The number of amides is 1. The molecule has 0 radical (unpaired) electrons. The Balaban J connectivity index is 1.50. The molecule has 1 saturated heterocycles. The first-order chi connectivity index (χ1) is 13.1. The average Bonchev–Trinajstić information content (AvgIpc) is 3.19. The molecule has 6 nitrogen and oxygen atoms in total. The van der Waals surface area contributed by atoms with Crippen molar-refractivity contribution in [2.75, 3.05) is 16.5 Å². The summed E-state index contributed by atoms with van der Waals surface area (Å²) in [6.45, 7) is 0.742. The van der Waals surface area contributed by atoms with Gasteiger partial charge in [-0.3, -0.25) is 4.79 Å². The van der Waals surface area contributed by atoms with Gasteiger partial charge in [0, 0.05) is 22.6 Å². The van der Waals surface area contributed by atoms with Gasteiger partial charge in [-0.25, -0.2) is 5.01 Å². The van der Waals surface area contributed by atoms with Gasteiger partial charge in [-0.15, -0.1) is 0 Å². The number of hydrazine groups is 1. The fourth-order valence-electron chi connectivity index (χ4n) is 3.62. The number of carbonyl (C=O) groups is 1. The number of para-hydroxylation sites is 1. The zero-order valence-corrected chi connectivity index (χ0v) is 16.3. The third-order valence-corrected chi connectivity index (χ3v) is 5.57. The number of benzene rings is 2. The summed E-state index contributed by atoms with van der Waals surface area (Å²) in [5.74, 6) is 0.657. The molecule has 0 bridgehead atoms. The van der Waals surface area contributed by atoms with E-state index in [2.05, 4.69) is 26.4 Å². The first kappa shape index (κ1) is 17.9. The molecule has 2 atom stereocenters. The SMILES string of the molecule is NC(=O)C1CC(C2=CN(c3ccccc3)NO2)CCN1c1ccc(Br)cc1. The second-order valence-electron chi connectivity index (χ2n) is 6.74. The second-order valence-corrected chi connectivity index (χ2v) is 7.66. The molecule has 0 spiro atoms. The summed E-state index contributed by atoms with van der Waals surface area (Å²) < 4.78 is 1.01. The summed E-state index contributed by atoms with van der Waals surface area (Å²) in [7, 11) is 0. The Hall–Kier alpha value is -2.51. The minimum Gasteiger partial charge on any atom is -0.391 e. The van der Waals surface area contributed by atoms with Crippen molar-refractivity contribution in [2.45, 2.75) is 18.9 Å². The van der Waals surface area contributed by atoms with Gasteiger partial charge < -0.3 is 15.5 Å². The van der Waals surface area contributed by atoms with Gasteiger partial charge in [0.25, 0.3) is 0 Å². The van der Waals surface area contributed by atoms with Crippen LogP contribution in [-0.2, 0) is 9.63 Å². The van der Waals surface area contributed by atoms with E-state index in [1.807, 2.05) is 65.8 Å². The number of nitrogens with two attached hydrogens (primary N) is 1. The lowest BCUT2D eigenvalue weighted by molar-refractivity contribution is -0.120. The molecule has 1 amide bonds. The van der Waals surface area contributed by atoms with Crippen LogP contribution < -0.4 is 21.2 Å². The van der Waals surface area contributed by atoms with E-state index in [1.54, 1.807) is 0 Å². The molecule has 2 aliphatic rings. The summed E-state index contributed by atoms with van der Waals surface area (Å²) in [5.41, 5.74) is 10.6. The normalized spacial score (nSPS) is 22.3. The topological polar surface area (TPSA) is 70.8 Å². The number of rotatable bonds is 4. The summed E-state index contributed by atoms with van der Waals surface area (Å²) in [6.07, 6.45) is 3.46. The number of allylic oxidation sites excluding steroid dienone is 1. The molecule has 1 fully saturated rings. The Labute approximate surface area is 166 Å². The van der Waals surface area contributed by atoms with Crippen molar-refractivity contribution in [1.29, 1.82) is 0 Å². The third kappa shape index (κ3) is 3.79. The molecule has 2 aliphatic heterocycles. The van der Waals surface area contributed by atoms with Gasteiger partial charge in [-0.1, -0.05) is 39.7 Å². The maximum absolute atomic E-state index is 12.1. The van der Waals surface area contributed by atoms with Crippen LogP contribution in [-0.4, -0.2) is 18.5 Å². The molecule has 2 aromatic carbocycles. The predicted octanol–water partition coefficient (Wildman–Crippen LogP) is 3.32. The molecule has 3 N–H and O–H groups in total. The van der Waals surface area contributed by atoms with Crippen LogP contribution in [0.25, 0.3) is 0 Å². The van der Waals surface area contributed by atoms with Crippen molar-refractivity contribution in [2.24, 2.45) is 11.7 Å². The predicted molar refractivity (Wildman–Crippen MR) is 108 cm³/mol. The molecule has 0 aromatic heterocycles. The lowest BCUT2D eigenvalue weighted by atomic mass is 9.88. The van der Waals surface area contributed by atoms with Crippen molar-refractivity contribution in [3.05, 3.63) is 71.0 Å². The second kappa shape index (κ2) is 7.62. The van der Waals surface area contributed by atoms with E-state index in [0.717, 1.165) is 34.6 Å². The van der Waals surface area contributed by atoms with Crippen molar-refractivity contribution in [3.8, 4) is 0 Å². The molecule has 7 heteroatoms. The van der Waals surface area contributed by atoms with Crippen LogP contribution in [0.1, 0.15) is 12.8 Å². The van der Waals surface area contributed by atoms with Crippen LogP contribution in [0.2, 0.25) is 0 Å². The number of primary amides is 1. The van der Waals surface area contributed by atoms with Crippen LogP contribution >= 0.6 is 15.9 Å². The smallest absolute Gasteiger partial charge is 0.240 e. The van der Waals surface area contributed by atoms with Gasteiger partial charge in [0.2, 0.25) is 5.91 Å². The number of piperidine rings is 1. The van der Waals surface area contributed by atoms with Gasteiger partial charge >= 0.3 is 0 Å². The molecule has 0 aliphatic carbocycles. The van der Waals surface area contributed by atoms with Crippen LogP contribution in [0.4, 0.5) is 11.4 Å². The van der Waals surface area contributed by atoms with E-state index < -0.39 is 0 Å². The van der Waals surface area contributed by atoms with E-state index in [0.29, 0.717) is 6.42 Å². The van der Waals surface area contributed by atoms with Crippen molar-refractivity contribution in [1.82, 2.24) is 5.59 Å². The Kier molecular flexibility index (Phi) is 5.05. The van der Waals surface area contributed by atoms with Gasteiger partial charge in [-0.05, 0) is 49.2 Å². The van der Waals surface area contributed by atoms with Crippen LogP contribution in [0.3, 0.4) is 0 Å². The fourth-order valence-corrected chi connectivity index (χ4v) is 3.89. The third-order valence-electron chi connectivity index (χ3n) is 5.04. The molecule has 140 valence electrons. The molecule has 27 heavy (non-hydrogen) atoms. The van der Waals surface area contributed by atoms with Crippen LogP contribution in [0, 0.1) is 5.92 Å². The number of hydrogen-bond donors (Lipinski definition) is 2. The van der Waals surface area contributed by atoms with Crippen LogP contribution in [0.5, 0.6) is 0 Å². The summed E-state index contributed by atoms with van der Waals surface area (Å²) in [4.78, 5) is 19.9. The Morgan fingerprint density at radius 1 is 1.11 bits per heavy atom. The first-order valence-corrected chi connectivity index (χ1v) is 9.71. The minimum atomic E-state index is -0.361. The molecule has 0 saturated carbocycles. The molecule has 4 rings (SSSR count). The first-order valence-electron chi connectivity index (χ1n) is 8.92. The fraction of sp³-hybridized carbons (Fsp3) is 0.250. The number of carbonyl (C=O) groups excluding carboxylic acids is 1. The highest BCUT2D eigenvalue weighted by atomic mass is 79.9. The molecular weight excluding hydrogens is 408 g/mol. The number of nitrogens with zero attached hydrogens (tertiary/aromatic N) is 2. The molecule has 2 heterocycles. The molecule has 2 aromatic rings. The quantitative estimate of drug-likeness (QED) is 0.781. The van der Waals surface area contributed by atoms with Crippen LogP contribution in [0.15, 0.2) is 71.0 Å². The zero-order valence-electron chi connectivity index (χ0n) is 14.7. The number of nitrogens with one attached hydrogen (secondary N) is 1. The van der Waals surface area contributed by atoms with Crippen molar-refractivity contribution >= 4 is 33.2 Å². The monoisotopic (exact) mass is 428 g/mol. The number of anilines is 2. The zero-order chi connectivity index (χ0) is 18.8. The Bertz CT molecular complexity index is 841. The Morgan fingerprint density at radius 3 is 2.56 bits per heavy atom. The lowest BCUT2D eigenvalue weighted by Gasteiger charge is -2.39. The van der Waals surface area contributed by atoms with Crippen molar-refractivity contribution in [3.63, 3.8) is 0 Å². The van der Waals surface area contributed by atoms with E-state index in [9.17, 15) is 4.79 Å².